The smallest absolute Gasteiger partial charge is 0.229 e. The number of benzene rings is 3. The second-order valence-electron chi connectivity index (χ2n) is 7.07. The molecule has 0 heterocycles. The molecule has 5 nitrogen and oxygen atoms in total. The average Bonchev–Trinajstić information content (AvgIpc) is 2.77. The van der Waals surface area contributed by atoms with Crippen molar-refractivity contribution in [1.29, 1.82) is 0 Å². The van der Waals surface area contributed by atoms with Crippen LogP contribution in [0.2, 0.25) is 0 Å². The highest BCUT2D eigenvalue weighted by Gasteiger charge is 2.21. The third-order valence-electron chi connectivity index (χ3n) is 5.22. The number of nitrogens with zero attached hydrogens (tertiary/aromatic N) is 1. The number of methoxy groups -OCH3 is 3. The van der Waals surface area contributed by atoms with Gasteiger partial charge in [-0.05, 0) is 47.5 Å². The molecule has 5 heteroatoms. The molecule has 0 aliphatic heterocycles. The predicted octanol–water partition coefficient (Wildman–Crippen LogP) is 4.63. The maximum atomic E-state index is 13.0. The number of likely N-dealkylation sites (N-methyl/N-ethyl adjacent to an activating group) is 1. The van der Waals surface area contributed by atoms with Crippen LogP contribution in [0, 0.1) is 0 Å². The Balaban J connectivity index is 1.78. The van der Waals surface area contributed by atoms with Gasteiger partial charge in [0.1, 0.15) is 17.2 Å². The van der Waals surface area contributed by atoms with Gasteiger partial charge < -0.3 is 19.1 Å². The Bertz CT molecular complexity index is 1010. The van der Waals surface area contributed by atoms with E-state index < -0.39 is 0 Å². The number of carbonyl (C=O) groups is 1. The van der Waals surface area contributed by atoms with Crippen LogP contribution in [-0.2, 0) is 11.3 Å². The van der Waals surface area contributed by atoms with Gasteiger partial charge in [0.05, 0.1) is 27.2 Å². The van der Waals surface area contributed by atoms with Gasteiger partial charge in [-0.1, -0.05) is 24.3 Å². The number of hydrogen-bond acceptors (Lipinski definition) is 4. The van der Waals surface area contributed by atoms with Crippen molar-refractivity contribution < 1.29 is 19.0 Å². The van der Waals surface area contributed by atoms with E-state index in [2.05, 4.69) is 6.07 Å². The van der Waals surface area contributed by atoms with E-state index in [1.807, 2.05) is 62.5 Å². The number of ether oxygens (including phenoxy) is 3. The summed E-state index contributed by atoms with van der Waals surface area (Å²) in [5, 5.41) is 2.17. The van der Waals surface area contributed by atoms with E-state index in [1.165, 1.54) is 0 Å². The minimum atomic E-state index is -0.254. The van der Waals surface area contributed by atoms with Crippen molar-refractivity contribution in [3.63, 3.8) is 0 Å². The molecule has 1 amide bonds. The van der Waals surface area contributed by atoms with Gasteiger partial charge >= 0.3 is 0 Å². The molecule has 0 saturated carbocycles. The molecule has 3 aromatic rings. The quantitative estimate of drug-likeness (QED) is 0.587. The summed E-state index contributed by atoms with van der Waals surface area (Å²) in [7, 11) is 6.70. The van der Waals surface area contributed by atoms with Crippen molar-refractivity contribution >= 4 is 16.7 Å². The maximum Gasteiger partial charge on any atom is 0.229 e. The van der Waals surface area contributed by atoms with Gasteiger partial charge in [0.2, 0.25) is 5.91 Å². The molecule has 0 aliphatic rings. The van der Waals surface area contributed by atoms with Gasteiger partial charge in [0.25, 0.3) is 0 Å². The Hall–Kier alpha value is -3.21. The van der Waals surface area contributed by atoms with Crippen LogP contribution in [0.1, 0.15) is 24.0 Å². The summed E-state index contributed by atoms with van der Waals surface area (Å²) in [4.78, 5) is 14.8. The molecule has 152 valence electrons. The van der Waals surface area contributed by atoms with E-state index in [-0.39, 0.29) is 11.8 Å². The molecule has 0 spiro atoms. The molecule has 3 rings (SSSR count). The summed E-state index contributed by atoms with van der Waals surface area (Å²) in [5.41, 5.74) is 1.92. The molecular weight excluding hydrogens is 366 g/mol. The fourth-order valence-electron chi connectivity index (χ4n) is 3.43. The summed E-state index contributed by atoms with van der Waals surface area (Å²) in [6.07, 6.45) is 0. The average molecular weight is 393 g/mol. The standard InChI is InChI=1S/C24H27NO4/c1-16(17-6-7-19-13-21(27-3)10-8-18(19)12-17)24(26)25(2)15-20-9-11-22(28-4)14-23(20)29-5/h6-14,16H,15H2,1-5H3/t16-/m0/s1. The van der Waals surface area contributed by atoms with Gasteiger partial charge in [0, 0.05) is 25.2 Å². The summed E-state index contributed by atoms with van der Waals surface area (Å²) in [6, 6.07) is 17.7. The van der Waals surface area contributed by atoms with E-state index in [1.54, 1.807) is 26.2 Å². The summed E-state index contributed by atoms with van der Waals surface area (Å²) >= 11 is 0. The van der Waals surface area contributed by atoms with Crippen molar-refractivity contribution in [3.05, 3.63) is 65.7 Å². The first-order valence-electron chi connectivity index (χ1n) is 9.50. The Morgan fingerprint density at radius 2 is 1.48 bits per heavy atom. The summed E-state index contributed by atoms with van der Waals surface area (Å²) in [6.45, 7) is 2.40. The van der Waals surface area contributed by atoms with Crippen LogP contribution in [0.5, 0.6) is 17.2 Å². The predicted molar refractivity (Wildman–Crippen MR) is 115 cm³/mol. The van der Waals surface area contributed by atoms with Crippen LogP contribution < -0.4 is 14.2 Å². The van der Waals surface area contributed by atoms with Crippen LogP contribution in [0.25, 0.3) is 10.8 Å². The van der Waals surface area contributed by atoms with E-state index in [0.29, 0.717) is 12.3 Å². The first kappa shape index (κ1) is 20.5. The molecular formula is C24H27NO4. The van der Waals surface area contributed by atoms with Crippen LogP contribution in [0.4, 0.5) is 0 Å². The Morgan fingerprint density at radius 3 is 2.17 bits per heavy atom. The van der Waals surface area contributed by atoms with E-state index in [4.69, 9.17) is 14.2 Å². The third-order valence-corrected chi connectivity index (χ3v) is 5.22. The van der Waals surface area contributed by atoms with Crippen molar-refractivity contribution in [1.82, 2.24) is 4.90 Å². The van der Waals surface area contributed by atoms with Gasteiger partial charge in [-0.2, -0.15) is 0 Å². The number of carbonyl (C=O) groups excluding carboxylic acids is 1. The zero-order valence-electron chi connectivity index (χ0n) is 17.6. The number of rotatable bonds is 7. The summed E-state index contributed by atoms with van der Waals surface area (Å²) < 4.78 is 16.0. The second-order valence-corrected chi connectivity index (χ2v) is 7.07. The fraction of sp³-hybridized carbons (Fsp3) is 0.292. The van der Waals surface area contributed by atoms with E-state index in [9.17, 15) is 4.79 Å². The van der Waals surface area contributed by atoms with Crippen molar-refractivity contribution in [2.75, 3.05) is 28.4 Å². The molecule has 0 unspecified atom stereocenters. The highest BCUT2D eigenvalue weighted by molar-refractivity contribution is 5.88. The molecule has 0 N–H and O–H groups in total. The Labute approximate surface area is 171 Å². The lowest BCUT2D eigenvalue weighted by atomic mass is 9.96. The second kappa shape index (κ2) is 8.86. The highest BCUT2D eigenvalue weighted by Crippen LogP contribution is 2.28. The van der Waals surface area contributed by atoms with Crippen LogP contribution in [0.3, 0.4) is 0 Å². The largest absolute Gasteiger partial charge is 0.497 e. The van der Waals surface area contributed by atoms with E-state index in [0.717, 1.165) is 33.4 Å². The summed E-state index contributed by atoms with van der Waals surface area (Å²) in [5.74, 6) is 2.05. The lowest BCUT2D eigenvalue weighted by Crippen LogP contribution is -2.30. The minimum absolute atomic E-state index is 0.0516. The monoisotopic (exact) mass is 393 g/mol. The minimum Gasteiger partial charge on any atom is -0.497 e. The molecule has 0 aromatic heterocycles. The molecule has 0 fully saturated rings. The normalized spacial score (nSPS) is 11.8. The Kier molecular flexibility index (Phi) is 6.27. The van der Waals surface area contributed by atoms with Gasteiger partial charge in [-0.3, -0.25) is 4.79 Å². The van der Waals surface area contributed by atoms with Gasteiger partial charge in [0.15, 0.2) is 0 Å². The lowest BCUT2D eigenvalue weighted by Gasteiger charge is -2.23. The molecule has 1 atom stereocenters. The van der Waals surface area contributed by atoms with Gasteiger partial charge in [-0.25, -0.2) is 0 Å². The number of amides is 1. The number of hydrogen-bond donors (Lipinski definition) is 0. The van der Waals surface area contributed by atoms with E-state index >= 15 is 0 Å². The fourth-order valence-corrected chi connectivity index (χ4v) is 3.43. The molecule has 0 bridgehead atoms. The van der Waals surface area contributed by atoms with Crippen LogP contribution in [-0.4, -0.2) is 39.2 Å². The molecule has 0 aliphatic carbocycles. The first-order chi connectivity index (χ1) is 14.0. The van der Waals surface area contributed by atoms with Crippen LogP contribution >= 0.6 is 0 Å². The Morgan fingerprint density at radius 1 is 0.862 bits per heavy atom. The molecule has 0 saturated heterocycles. The molecule has 3 aromatic carbocycles. The maximum absolute atomic E-state index is 13.0. The van der Waals surface area contributed by atoms with Crippen molar-refractivity contribution in [2.24, 2.45) is 0 Å². The molecule has 0 radical (unpaired) electrons. The molecule has 29 heavy (non-hydrogen) atoms. The van der Waals surface area contributed by atoms with Crippen molar-refractivity contribution in [3.8, 4) is 17.2 Å². The van der Waals surface area contributed by atoms with Gasteiger partial charge in [-0.15, -0.1) is 0 Å². The SMILES string of the molecule is COc1ccc(CN(C)C(=O)[C@@H](C)c2ccc3cc(OC)ccc3c2)c(OC)c1. The first-order valence-corrected chi connectivity index (χ1v) is 9.50. The van der Waals surface area contributed by atoms with Crippen molar-refractivity contribution in [2.45, 2.75) is 19.4 Å². The third kappa shape index (κ3) is 4.45. The lowest BCUT2D eigenvalue weighted by molar-refractivity contribution is -0.131. The number of fused-ring (bicyclic) bond motifs is 1. The highest BCUT2D eigenvalue weighted by atomic mass is 16.5. The zero-order chi connectivity index (χ0) is 21.0. The van der Waals surface area contributed by atoms with Crippen LogP contribution in [0.15, 0.2) is 54.6 Å². The topological polar surface area (TPSA) is 48.0 Å². The zero-order valence-corrected chi connectivity index (χ0v) is 17.6.